The van der Waals surface area contributed by atoms with Crippen LogP contribution >= 0.6 is 11.3 Å². The predicted octanol–water partition coefficient (Wildman–Crippen LogP) is 4.09. The molecule has 0 saturated heterocycles. The average Bonchev–Trinajstić information content (AvgIpc) is 3.19. The van der Waals surface area contributed by atoms with Gasteiger partial charge in [0, 0.05) is 11.4 Å². The molecule has 0 bridgehead atoms. The molecule has 0 saturated carbocycles. The standard InChI is InChI=1S/C22H24N2OS/c1-17-9-11-19(12-10-17)22(20-8-5-15-26-20)24-16-21(25)23-14-13-18-6-3-2-4-7-18/h2-12,15,22,24H,13-14,16H2,1H3,(H,23,25)/t22-/m1/s1. The predicted molar refractivity (Wildman–Crippen MR) is 108 cm³/mol. The summed E-state index contributed by atoms with van der Waals surface area (Å²) in [7, 11) is 0. The molecule has 26 heavy (non-hydrogen) atoms. The minimum Gasteiger partial charge on any atom is -0.355 e. The molecule has 0 aliphatic carbocycles. The minimum atomic E-state index is 0.0228. The van der Waals surface area contributed by atoms with Gasteiger partial charge in [-0.25, -0.2) is 0 Å². The Labute approximate surface area is 159 Å². The Morgan fingerprint density at radius 3 is 2.46 bits per heavy atom. The number of thiophene rings is 1. The first-order chi connectivity index (χ1) is 12.7. The highest BCUT2D eigenvalue weighted by atomic mass is 32.1. The van der Waals surface area contributed by atoms with Crippen LogP contribution in [0.2, 0.25) is 0 Å². The third-order valence-corrected chi connectivity index (χ3v) is 5.22. The lowest BCUT2D eigenvalue weighted by molar-refractivity contribution is -0.120. The lowest BCUT2D eigenvalue weighted by Crippen LogP contribution is -2.36. The lowest BCUT2D eigenvalue weighted by atomic mass is 10.0. The first-order valence-corrected chi connectivity index (χ1v) is 9.74. The SMILES string of the molecule is Cc1ccc([C@@H](NCC(=O)NCCc2ccccc2)c2cccs2)cc1. The van der Waals surface area contributed by atoms with Gasteiger partial charge in [-0.2, -0.15) is 0 Å². The van der Waals surface area contributed by atoms with Gasteiger partial charge in [0.2, 0.25) is 5.91 Å². The topological polar surface area (TPSA) is 41.1 Å². The van der Waals surface area contributed by atoms with Crippen LogP contribution in [0.25, 0.3) is 0 Å². The van der Waals surface area contributed by atoms with Gasteiger partial charge in [-0.1, -0.05) is 66.2 Å². The maximum atomic E-state index is 12.2. The van der Waals surface area contributed by atoms with E-state index >= 15 is 0 Å². The zero-order valence-electron chi connectivity index (χ0n) is 14.9. The Kier molecular flexibility index (Phi) is 6.58. The Hall–Kier alpha value is -2.43. The first kappa shape index (κ1) is 18.4. The fourth-order valence-electron chi connectivity index (χ4n) is 2.85. The highest BCUT2D eigenvalue weighted by molar-refractivity contribution is 7.10. The first-order valence-electron chi connectivity index (χ1n) is 8.86. The van der Waals surface area contributed by atoms with E-state index in [0.717, 1.165) is 6.42 Å². The molecule has 1 heterocycles. The maximum Gasteiger partial charge on any atom is 0.233 e. The molecule has 1 aromatic heterocycles. The molecule has 0 unspecified atom stereocenters. The van der Waals surface area contributed by atoms with Crippen molar-refractivity contribution >= 4 is 17.2 Å². The zero-order chi connectivity index (χ0) is 18.2. The van der Waals surface area contributed by atoms with E-state index in [1.54, 1.807) is 11.3 Å². The number of hydrogen-bond donors (Lipinski definition) is 2. The van der Waals surface area contributed by atoms with Crippen molar-refractivity contribution in [2.24, 2.45) is 0 Å². The second-order valence-corrected chi connectivity index (χ2v) is 7.30. The summed E-state index contributed by atoms with van der Waals surface area (Å²) in [6.45, 7) is 3.03. The van der Waals surface area contributed by atoms with Crippen molar-refractivity contribution in [1.82, 2.24) is 10.6 Å². The van der Waals surface area contributed by atoms with Crippen LogP contribution in [0.15, 0.2) is 72.1 Å². The van der Waals surface area contributed by atoms with Crippen LogP contribution in [-0.2, 0) is 11.2 Å². The van der Waals surface area contributed by atoms with Crippen LogP contribution in [0.3, 0.4) is 0 Å². The molecule has 3 aromatic rings. The molecular weight excluding hydrogens is 340 g/mol. The third kappa shape index (κ3) is 5.28. The van der Waals surface area contributed by atoms with E-state index in [0.29, 0.717) is 13.1 Å². The summed E-state index contributed by atoms with van der Waals surface area (Å²) in [5, 5.41) is 8.47. The normalized spacial score (nSPS) is 11.9. The molecule has 0 aliphatic heterocycles. The van der Waals surface area contributed by atoms with Crippen molar-refractivity contribution in [1.29, 1.82) is 0 Å². The van der Waals surface area contributed by atoms with E-state index in [9.17, 15) is 4.79 Å². The Bertz CT molecular complexity index is 798. The molecule has 4 heteroatoms. The molecule has 3 nitrogen and oxygen atoms in total. The van der Waals surface area contributed by atoms with Crippen molar-refractivity contribution in [3.05, 3.63) is 93.7 Å². The van der Waals surface area contributed by atoms with Crippen LogP contribution in [0.4, 0.5) is 0 Å². The number of carbonyl (C=O) groups excluding carboxylic acids is 1. The summed E-state index contributed by atoms with van der Waals surface area (Å²) in [5.41, 5.74) is 3.64. The summed E-state index contributed by atoms with van der Waals surface area (Å²) in [6, 6.07) is 22.9. The Morgan fingerprint density at radius 2 is 1.77 bits per heavy atom. The van der Waals surface area contributed by atoms with Gasteiger partial charge in [0.1, 0.15) is 0 Å². The molecule has 3 rings (SSSR count). The highest BCUT2D eigenvalue weighted by Crippen LogP contribution is 2.26. The van der Waals surface area contributed by atoms with Crippen LogP contribution in [-0.4, -0.2) is 19.0 Å². The zero-order valence-corrected chi connectivity index (χ0v) is 15.8. The smallest absolute Gasteiger partial charge is 0.233 e. The quantitative estimate of drug-likeness (QED) is 0.632. The second kappa shape index (κ2) is 9.32. The minimum absolute atomic E-state index is 0.0228. The monoisotopic (exact) mass is 364 g/mol. The van der Waals surface area contributed by atoms with Crippen LogP contribution in [0, 0.1) is 6.92 Å². The lowest BCUT2D eigenvalue weighted by Gasteiger charge is -2.18. The average molecular weight is 365 g/mol. The van der Waals surface area contributed by atoms with Gasteiger partial charge < -0.3 is 5.32 Å². The molecular formula is C22H24N2OS. The maximum absolute atomic E-state index is 12.2. The fourth-order valence-corrected chi connectivity index (χ4v) is 3.67. The molecule has 0 radical (unpaired) electrons. The summed E-state index contributed by atoms with van der Waals surface area (Å²) >= 11 is 1.70. The summed E-state index contributed by atoms with van der Waals surface area (Å²) in [4.78, 5) is 13.4. The van der Waals surface area contributed by atoms with Gasteiger partial charge in [-0.05, 0) is 35.9 Å². The molecule has 2 N–H and O–H groups in total. The van der Waals surface area contributed by atoms with E-state index in [2.05, 4.69) is 65.4 Å². The largest absolute Gasteiger partial charge is 0.355 e. The number of carbonyl (C=O) groups is 1. The van der Waals surface area contributed by atoms with Gasteiger partial charge in [0.15, 0.2) is 0 Å². The van der Waals surface area contributed by atoms with Crippen LogP contribution in [0.5, 0.6) is 0 Å². The number of rotatable bonds is 8. The van der Waals surface area contributed by atoms with Gasteiger partial charge in [0.05, 0.1) is 12.6 Å². The van der Waals surface area contributed by atoms with Crippen LogP contribution in [0.1, 0.15) is 27.6 Å². The van der Waals surface area contributed by atoms with E-state index in [1.165, 1.54) is 21.6 Å². The third-order valence-electron chi connectivity index (χ3n) is 4.28. The van der Waals surface area contributed by atoms with Crippen molar-refractivity contribution in [2.75, 3.05) is 13.1 Å². The Morgan fingerprint density at radius 1 is 1.00 bits per heavy atom. The molecule has 134 valence electrons. The van der Waals surface area contributed by atoms with E-state index in [4.69, 9.17) is 0 Å². The summed E-state index contributed by atoms with van der Waals surface area (Å²) < 4.78 is 0. The van der Waals surface area contributed by atoms with Gasteiger partial charge >= 0.3 is 0 Å². The summed E-state index contributed by atoms with van der Waals surface area (Å²) in [5.74, 6) is 0.0228. The second-order valence-electron chi connectivity index (χ2n) is 6.33. The molecule has 0 aliphatic rings. The van der Waals surface area contributed by atoms with Gasteiger partial charge in [-0.3, -0.25) is 10.1 Å². The van der Waals surface area contributed by atoms with Crippen molar-refractivity contribution in [2.45, 2.75) is 19.4 Å². The van der Waals surface area contributed by atoms with Gasteiger partial charge in [0.25, 0.3) is 0 Å². The number of aryl methyl sites for hydroxylation is 1. The van der Waals surface area contributed by atoms with Crippen molar-refractivity contribution in [3.63, 3.8) is 0 Å². The van der Waals surface area contributed by atoms with E-state index in [1.807, 2.05) is 24.3 Å². The summed E-state index contributed by atoms with van der Waals surface area (Å²) in [6.07, 6.45) is 0.846. The molecule has 0 fully saturated rings. The number of amides is 1. The highest BCUT2D eigenvalue weighted by Gasteiger charge is 2.15. The molecule has 1 amide bonds. The molecule has 0 spiro atoms. The Balaban J connectivity index is 1.54. The molecule has 2 aromatic carbocycles. The van der Waals surface area contributed by atoms with E-state index < -0.39 is 0 Å². The number of benzene rings is 2. The number of nitrogens with one attached hydrogen (secondary N) is 2. The number of hydrogen-bond acceptors (Lipinski definition) is 3. The molecule has 1 atom stereocenters. The van der Waals surface area contributed by atoms with Crippen molar-refractivity contribution < 1.29 is 4.79 Å². The van der Waals surface area contributed by atoms with Crippen LogP contribution < -0.4 is 10.6 Å². The van der Waals surface area contributed by atoms with Gasteiger partial charge in [-0.15, -0.1) is 11.3 Å². The van der Waals surface area contributed by atoms with E-state index in [-0.39, 0.29) is 11.9 Å². The van der Waals surface area contributed by atoms with Crippen molar-refractivity contribution in [3.8, 4) is 0 Å². The fraction of sp³-hybridized carbons (Fsp3) is 0.227.